The Morgan fingerprint density at radius 3 is 3.00 bits per heavy atom. The molecule has 2 heterocycles. The van der Waals surface area contributed by atoms with E-state index in [0.29, 0.717) is 4.77 Å². The molecular formula is C11H11N3OS. The smallest absolute Gasteiger partial charge is 0.251 e. The molecular weight excluding hydrogens is 222 g/mol. The zero-order valence-electron chi connectivity index (χ0n) is 8.59. The third-order valence-corrected chi connectivity index (χ3v) is 2.60. The van der Waals surface area contributed by atoms with Crippen LogP contribution < -0.4 is 5.56 Å². The van der Waals surface area contributed by atoms with Crippen molar-refractivity contribution in [3.8, 4) is 0 Å². The van der Waals surface area contributed by atoms with Gasteiger partial charge in [-0.25, -0.2) is 0 Å². The van der Waals surface area contributed by atoms with Crippen molar-refractivity contribution in [2.45, 2.75) is 13.0 Å². The Balaban J connectivity index is 2.11. The van der Waals surface area contributed by atoms with Gasteiger partial charge in [0.15, 0.2) is 4.77 Å². The van der Waals surface area contributed by atoms with Gasteiger partial charge in [0.1, 0.15) is 0 Å². The van der Waals surface area contributed by atoms with Gasteiger partial charge in [0.05, 0.1) is 0 Å². The number of rotatable bonds is 3. The normalized spacial score (nSPS) is 10.2. The Bertz CT molecular complexity index is 574. The number of aromatic amines is 1. The first-order valence-corrected chi connectivity index (χ1v) is 5.35. The second kappa shape index (κ2) is 4.85. The first-order chi connectivity index (χ1) is 7.75. The molecule has 5 heteroatoms. The molecule has 0 fully saturated rings. The fraction of sp³-hybridized carbons (Fsp3) is 0.182. The minimum absolute atomic E-state index is 0.164. The van der Waals surface area contributed by atoms with Crippen molar-refractivity contribution in [1.82, 2.24) is 14.5 Å². The molecule has 2 rings (SSSR count). The number of H-pyrrole nitrogens is 1. The third kappa shape index (κ3) is 2.64. The minimum Gasteiger partial charge on any atom is -0.325 e. The van der Waals surface area contributed by atoms with Crippen LogP contribution in [0.2, 0.25) is 0 Å². The van der Waals surface area contributed by atoms with Crippen molar-refractivity contribution >= 4 is 12.2 Å². The Kier molecular flexibility index (Phi) is 3.26. The van der Waals surface area contributed by atoms with E-state index in [1.807, 2.05) is 22.9 Å². The number of hydrogen-bond donors (Lipinski definition) is 1. The van der Waals surface area contributed by atoms with Crippen molar-refractivity contribution in [2.24, 2.45) is 0 Å². The molecule has 0 atom stereocenters. The van der Waals surface area contributed by atoms with Crippen molar-refractivity contribution < 1.29 is 0 Å². The van der Waals surface area contributed by atoms with E-state index in [9.17, 15) is 4.79 Å². The van der Waals surface area contributed by atoms with Crippen LogP contribution in [-0.4, -0.2) is 14.5 Å². The fourth-order valence-corrected chi connectivity index (χ4v) is 1.67. The number of pyridine rings is 1. The average Bonchev–Trinajstić information content (AvgIpc) is 2.29. The molecule has 0 radical (unpaired) electrons. The second-order valence-electron chi connectivity index (χ2n) is 3.41. The molecule has 0 saturated heterocycles. The first-order valence-electron chi connectivity index (χ1n) is 4.94. The maximum Gasteiger partial charge on any atom is 0.251 e. The molecule has 0 aliphatic carbocycles. The van der Waals surface area contributed by atoms with E-state index >= 15 is 0 Å². The van der Waals surface area contributed by atoms with Gasteiger partial charge in [-0.15, -0.1) is 0 Å². The summed E-state index contributed by atoms with van der Waals surface area (Å²) in [7, 11) is 0. The predicted molar refractivity (Wildman–Crippen MR) is 63.8 cm³/mol. The van der Waals surface area contributed by atoms with E-state index in [1.165, 1.54) is 6.07 Å². The molecule has 0 amide bonds. The van der Waals surface area contributed by atoms with Crippen LogP contribution in [0.15, 0.2) is 41.6 Å². The van der Waals surface area contributed by atoms with Crippen LogP contribution >= 0.6 is 12.2 Å². The summed E-state index contributed by atoms with van der Waals surface area (Å²) in [6.45, 7) is 0.737. The molecule has 16 heavy (non-hydrogen) atoms. The monoisotopic (exact) mass is 233 g/mol. The van der Waals surface area contributed by atoms with E-state index in [-0.39, 0.29) is 5.56 Å². The zero-order chi connectivity index (χ0) is 11.4. The van der Waals surface area contributed by atoms with Crippen LogP contribution in [0, 0.1) is 4.77 Å². The number of hydrogen-bond acceptors (Lipinski definition) is 3. The van der Waals surface area contributed by atoms with Gasteiger partial charge in [-0.05, 0) is 30.3 Å². The largest absolute Gasteiger partial charge is 0.325 e. The lowest BCUT2D eigenvalue weighted by molar-refractivity contribution is 0.661. The van der Waals surface area contributed by atoms with Gasteiger partial charge in [0.25, 0.3) is 5.56 Å². The number of aromatic nitrogens is 3. The number of nitrogens with zero attached hydrogens (tertiary/aromatic N) is 2. The van der Waals surface area contributed by atoms with E-state index in [1.54, 1.807) is 12.4 Å². The Labute approximate surface area is 97.6 Å². The Morgan fingerprint density at radius 1 is 1.44 bits per heavy atom. The van der Waals surface area contributed by atoms with Crippen molar-refractivity contribution in [1.29, 1.82) is 0 Å². The van der Waals surface area contributed by atoms with Crippen molar-refractivity contribution in [3.63, 3.8) is 0 Å². The topological polar surface area (TPSA) is 50.7 Å². The molecule has 0 aromatic carbocycles. The summed E-state index contributed by atoms with van der Waals surface area (Å²) in [5, 5.41) is 0. The van der Waals surface area contributed by atoms with Gasteiger partial charge in [0, 0.05) is 31.2 Å². The average molecular weight is 233 g/mol. The quantitative estimate of drug-likeness (QED) is 0.818. The zero-order valence-corrected chi connectivity index (χ0v) is 9.41. The highest BCUT2D eigenvalue weighted by Gasteiger charge is 1.95. The maximum atomic E-state index is 11.0. The third-order valence-electron chi connectivity index (χ3n) is 2.26. The highest BCUT2D eigenvalue weighted by Crippen LogP contribution is 1.99. The van der Waals surface area contributed by atoms with Gasteiger partial charge < -0.3 is 4.57 Å². The molecule has 2 aromatic rings. The number of aryl methyl sites for hydroxylation is 2. The summed E-state index contributed by atoms with van der Waals surface area (Å²) in [5.74, 6) is 0. The summed E-state index contributed by atoms with van der Waals surface area (Å²) in [6, 6.07) is 5.39. The Hall–Kier alpha value is -1.75. The SMILES string of the molecule is O=c1ccn(CCc2cccnc2)c(=S)[nH]1. The first kappa shape index (κ1) is 10.8. The summed E-state index contributed by atoms with van der Waals surface area (Å²) < 4.78 is 2.29. The van der Waals surface area contributed by atoms with Crippen LogP contribution in [0.3, 0.4) is 0 Å². The molecule has 82 valence electrons. The van der Waals surface area contributed by atoms with Crippen LogP contribution in [0.4, 0.5) is 0 Å². The maximum absolute atomic E-state index is 11.0. The summed E-state index contributed by atoms with van der Waals surface area (Å²) >= 11 is 5.05. The van der Waals surface area contributed by atoms with Gasteiger partial charge in [0.2, 0.25) is 0 Å². The molecule has 0 spiro atoms. The second-order valence-corrected chi connectivity index (χ2v) is 3.80. The summed E-state index contributed by atoms with van der Waals surface area (Å²) in [4.78, 5) is 17.6. The fourth-order valence-electron chi connectivity index (χ4n) is 1.42. The van der Waals surface area contributed by atoms with Gasteiger partial charge in [-0.1, -0.05) is 6.07 Å². The van der Waals surface area contributed by atoms with E-state index in [2.05, 4.69) is 9.97 Å². The molecule has 2 aromatic heterocycles. The predicted octanol–water partition coefficient (Wildman–Crippen LogP) is 1.54. The van der Waals surface area contributed by atoms with Gasteiger partial charge in [-0.2, -0.15) is 0 Å². The molecule has 0 aliphatic heterocycles. The van der Waals surface area contributed by atoms with E-state index < -0.39 is 0 Å². The van der Waals surface area contributed by atoms with Crippen molar-refractivity contribution in [3.05, 3.63) is 57.5 Å². The highest BCUT2D eigenvalue weighted by atomic mass is 32.1. The van der Waals surface area contributed by atoms with Crippen LogP contribution in [0.5, 0.6) is 0 Å². The summed E-state index contributed by atoms with van der Waals surface area (Å²) in [6.07, 6.45) is 6.12. The van der Waals surface area contributed by atoms with Crippen LogP contribution in [-0.2, 0) is 13.0 Å². The lowest BCUT2D eigenvalue weighted by Gasteiger charge is -2.05. The molecule has 0 unspecified atom stereocenters. The van der Waals surface area contributed by atoms with E-state index in [4.69, 9.17) is 12.2 Å². The molecule has 0 aliphatic rings. The molecule has 0 saturated carbocycles. The van der Waals surface area contributed by atoms with Crippen LogP contribution in [0.1, 0.15) is 5.56 Å². The van der Waals surface area contributed by atoms with Crippen LogP contribution in [0.25, 0.3) is 0 Å². The summed E-state index contributed by atoms with van der Waals surface area (Å²) in [5.41, 5.74) is 0.984. The highest BCUT2D eigenvalue weighted by molar-refractivity contribution is 7.71. The molecule has 4 nitrogen and oxygen atoms in total. The van der Waals surface area contributed by atoms with Crippen molar-refractivity contribution in [2.75, 3.05) is 0 Å². The molecule has 1 N–H and O–H groups in total. The lowest BCUT2D eigenvalue weighted by atomic mass is 10.2. The van der Waals surface area contributed by atoms with E-state index in [0.717, 1.165) is 18.5 Å². The number of nitrogens with one attached hydrogen (secondary N) is 1. The standard InChI is InChI=1S/C11H11N3OS/c15-10-4-7-14(11(16)13-10)6-3-9-2-1-5-12-8-9/h1-2,4-5,7-8H,3,6H2,(H,13,15,16). The van der Waals surface area contributed by atoms with Gasteiger partial charge in [-0.3, -0.25) is 14.8 Å². The lowest BCUT2D eigenvalue weighted by Crippen LogP contribution is -2.12. The van der Waals surface area contributed by atoms with Gasteiger partial charge >= 0.3 is 0 Å². The Morgan fingerprint density at radius 2 is 2.31 bits per heavy atom. The molecule has 0 bridgehead atoms. The minimum atomic E-state index is -0.164.